The Hall–Kier alpha value is -2.21. The van der Waals surface area contributed by atoms with Crippen LogP contribution >= 0.6 is 11.6 Å². The zero-order valence-corrected chi connectivity index (χ0v) is 11.7. The van der Waals surface area contributed by atoms with Gasteiger partial charge in [0.05, 0.1) is 21.9 Å². The van der Waals surface area contributed by atoms with Crippen LogP contribution in [0.4, 0.5) is 5.69 Å². The SMILES string of the molecule is CC(C)c1nn(-c2cccc([N+](=O)[O-])c2)c(Cl)c1C=O. The molecular weight excluding hydrogens is 282 g/mol. The summed E-state index contributed by atoms with van der Waals surface area (Å²) >= 11 is 6.14. The van der Waals surface area contributed by atoms with Gasteiger partial charge in [-0.3, -0.25) is 14.9 Å². The minimum absolute atomic E-state index is 0.0210. The molecule has 20 heavy (non-hydrogen) atoms. The van der Waals surface area contributed by atoms with Crippen LogP contribution in [-0.4, -0.2) is 21.0 Å². The van der Waals surface area contributed by atoms with Crippen LogP contribution < -0.4 is 0 Å². The Labute approximate surface area is 120 Å². The number of halogens is 1. The summed E-state index contributed by atoms with van der Waals surface area (Å²) < 4.78 is 1.34. The van der Waals surface area contributed by atoms with E-state index in [1.807, 2.05) is 13.8 Å². The second-order valence-electron chi connectivity index (χ2n) is 4.55. The topological polar surface area (TPSA) is 78.0 Å². The molecule has 0 atom stereocenters. The maximum atomic E-state index is 11.1. The Morgan fingerprint density at radius 2 is 2.15 bits per heavy atom. The van der Waals surface area contributed by atoms with Crippen LogP contribution in [0.3, 0.4) is 0 Å². The Kier molecular flexibility index (Phi) is 3.85. The summed E-state index contributed by atoms with van der Waals surface area (Å²) in [6, 6.07) is 5.92. The van der Waals surface area contributed by atoms with Crippen molar-refractivity contribution in [2.24, 2.45) is 0 Å². The molecule has 1 aromatic heterocycles. The quantitative estimate of drug-likeness (QED) is 0.492. The highest BCUT2D eigenvalue weighted by Crippen LogP contribution is 2.28. The molecule has 0 spiro atoms. The molecule has 0 aliphatic carbocycles. The molecule has 0 unspecified atom stereocenters. The number of rotatable bonds is 4. The highest BCUT2D eigenvalue weighted by atomic mass is 35.5. The minimum Gasteiger partial charge on any atom is -0.298 e. The van der Waals surface area contributed by atoms with E-state index < -0.39 is 4.92 Å². The third-order valence-electron chi connectivity index (χ3n) is 2.84. The van der Waals surface area contributed by atoms with Gasteiger partial charge < -0.3 is 0 Å². The lowest BCUT2D eigenvalue weighted by Gasteiger charge is -2.03. The average molecular weight is 294 g/mol. The number of nitro benzene ring substituents is 1. The molecular formula is C13H12ClN3O3. The molecule has 0 N–H and O–H groups in total. The molecule has 0 aliphatic heterocycles. The number of aldehydes is 1. The van der Waals surface area contributed by atoms with E-state index in [-0.39, 0.29) is 16.8 Å². The summed E-state index contributed by atoms with van der Waals surface area (Å²) in [5, 5.41) is 15.2. The standard InChI is InChI=1S/C13H12ClN3O3/c1-8(2)12-11(7-18)13(14)16(15-12)9-4-3-5-10(6-9)17(19)20/h3-8H,1-2H3. The predicted molar refractivity (Wildman–Crippen MR) is 74.7 cm³/mol. The maximum Gasteiger partial charge on any atom is 0.271 e. The summed E-state index contributed by atoms with van der Waals surface area (Å²) in [6.45, 7) is 3.78. The van der Waals surface area contributed by atoms with Crippen LogP contribution in [0.2, 0.25) is 5.15 Å². The number of benzene rings is 1. The highest BCUT2D eigenvalue weighted by Gasteiger charge is 2.20. The van der Waals surface area contributed by atoms with Gasteiger partial charge in [0, 0.05) is 12.1 Å². The third kappa shape index (κ3) is 2.42. The molecule has 2 rings (SSSR count). The van der Waals surface area contributed by atoms with E-state index in [0.717, 1.165) is 0 Å². The van der Waals surface area contributed by atoms with E-state index in [1.54, 1.807) is 12.1 Å². The number of hydrogen-bond donors (Lipinski definition) is 0. The summed E-state index contributed by atoms with van der Waals surface area (Å²) in [4.78, 5) is 21.4. The molecule has 2 aromatic rings. The first-order valence-corrected chi connectivity index (χ1v) is 6.32. The second-order valence-corrected chi connectivity index (χ2v) is 4.91. The van der Waals surface area contributed by atoms with E-state index in [1.165, 1.54) is 16.8 Å². The van der Waals surface area contributed by atoms with Crippen LogP contribution in [0.25, 0.3) is 5.69 Å². The smallest absolute Gasteiger partial charge is 0.271 e. The number of carbonyl (C=O) groups is 1. The molecule has 0 aliphatic rings. The summed E-state index contributed by atoms with van der Waals surface area (Å²) in [7, 11) is 0. The Morgan fingerprint density at radius 1 is 1.45 bits per heavy atom. The number of hydrogen-bond acceptors (Lipinski definition) is 4. The number of carbonyl (C=O) groups excluding carboxylic acids is 1. The van der Waals surface area contributed by atoms with Crippen molar-refractivity contribution in [2.75, 3.05) is 0 Å². The fraction of sp³-hybridized carbons (Fsp3) is 0.231. The first-order chi connectivity index (χ1) is 9.45. The molecule has 0 bridgehead atoms. The molecule has 1 aromatic carbocycles. The molecule has 0 amide bonds. The van der Waals surface area contributed by atoms with E-state index in [2.05, 4.69) is 5.10 Å². The molecule has 0 fully saturated rings. The predicted octanol–water partition coefficient (Wildman–Crippen LogP) is 3.37. The van der Waals surface area contributed by atoms with Crippen molar-refractivity contribution < 1.29 is 9.72 Å². The van der Waals surface area contributed by atoms with Crippen molar-refractivity contribution in [3.8, 4) is 5.69 Å². The minimum atomic E-state index is -0.495. The maximum absolute atomic E-state index is 11.1. The molecule has 104 valence electrons. The van der Waals surface area contributed by atoms with Gasteiger partial charge in [-0.1, -0.05) is 31.5 Å². The number of nitrogens with zero attached hydrogens (tertiary/aromatic N) is 3. The lowest BCUT2D eigenvalue weighted by atomic mass is 10.1. The van der Waals surface area contributed by atoms with Gasteiger partial charge in [-0.2, -0.15) is 5.10 Å². The lowest BCUT2D eigenvalue weighted by molar-refractivity contribution is -0.384. The Morgan fingerprint density at radius 3 is 2.65 bits per heavy atom. The normalized spacial score (nSPS) is 10.8. The first kappa shape index (κ1) is 14.2. The number of nitro groups is 1. The molecule has 6 nitrogen and oxygen atoms in total. The van der Waals surface area contributed by atoms with E-state index >= 15 is 0 Å². The number of non-ortho nitro benzene ring substituents is 1. The van der Waals surface area contributed by atoms with Gasteiger partial charge in [-0.25, -0.2) is 4.68 Å². The van der Waals surface area contributed by atoms with Gasteiger partial charge in [0.1, 0.15) is 5.15 Å². The molecule has 7 heteroatoms. The fourth-order valence-corrected chi connectivity index (χ4v) is 2.15. The zero-order valence-electron chi connectivity index (χ0n) is 10.9. The van der Waals surface area contributed by atoms with Crippen LogP contribution in [0, 0.1) is 10.1 Å². The summed E-state index contributed by atoms with van der Waals surface area (Å²) in [5.74, 6) is 0.0210. The summed E-state index contributed by atoms with van der Waals surface area (Å²) in [5.41, 5.74) is 1.26. The van der Waals surface area contributed by atoms with Crippen LogP contribution in [0.15, 0.2) is 24.3 Å². The highest BCUT2D eigenvalue weighted by molar-refractivity contribution is 6.32. The second kappa shape index (κ2) is 5.42. The lowest BCUT2D eigenvalue weighted by Crippen LogP contribution is -1.99. The summed E-state index contributed by atoms with van der Waals surface area (Å²) in [6.07, 6.45) is 0.651. The van der Waals surface area contributed by atoms with E-state index in [0.29, 0.717) is 23.2 Å². The van der Waals surface area contributed by atoms with Crippen molar-refractivity contribution in [3.05, 3.63) is 50.8 Å². The van der Waals surface area contributed by atoms with E-state index in [4.69, 9.17) is 11.6 Å². The third-order valence-corrected chi connectivity index (χ3v) is 3.21. The van der Waals surface area contributed by atoms with Crippen molar-refractivity contribution in [1.29, 1.82) is 0 Å². The van der Waals surface area contributed by atoms with Gasteiger partial charge in [0.25, 0.3) is 5.69 Å². The van der Waals surface area contributed by atoms with Crippen molar-refractivity contribution >= 4 is 23.6 Å². The largest absolute Gasteiger partial charge is 0.298 e. The molecule has 0 saturated heterocycles. The molecule has 0 radical (unpaired) electrons. The first-order valence-electron chi connectivity index (χ1n) is 5.94. The van der Waals surface area contributed by atoms with Crippen LogP contribution in [0.5, 0.6) is 0 Å². The fourth-order valence-electron chi connectivity index (χ4n) is 1.87. The number of aromatic nitrogens is 2. The Balaban J connectivity index is 2.61. The van der Waals surface area contributed by atoms with Gasteiger partial charge in [-0.15, -0.1) is 0 Å². The van der Waals surface area contributed by atoms with Crippen molar-refractivity contribution in [2.45, 2.75) is 19.8 Å². The van der Waals surface area contributed by atoms with E-state index in [9.17, 15) is 14.9 Å². The van der Waals surface area contributed by atoms with Gasteiger partial charge in [0.15, 0.2) is 6.29 Å². The van der Waals surface area contributed by atoms with Gasteiger partial charge in [-0.05, 0) is 12.0 Å². The van der Waals surface area contributed by atoms with Gasteiger partial charge in [0.2, 0.25) is 0 Å². The van der Waals surface area contributed by atoms with Gasteiger partial charge >= 0.3 is 0 Å². The Bertz CT molecular complexity index is 679. The molecule has 1 heterocycles. The van der Waals surface area contributed by atoms with Crippen molar-refractivity contribution in [3.63, 3.8) is 0 Å². The monoisotopic (exact) mass is 293 g/mol. The average Bonchev–Trinajstić information content (AvgIpc) is 2.76. The zero-order chi connectivity index (χ0) is 14.9. The van der Waals surface area contributed by atoms with Crippen molar-refractivity contribution in [1.82, 2.24) is 9.78 Å². The van der Waals surface area contributed by atoms with Crippen LogP contribution in [-0.2, 0) is 0 Å². The van der Waals surface area contributed by atoms with Crippen LogP contribution in [0.1, 0.15) is 35.8 Å². The molecule has 0 saturated carbocycles.